The van der Waals surface area contributed by atoms with Crippen molar-refractivity contribution >= 4 is 11.6 Å². The van der Waals surface area contributed by atoms with Crippen LogP contribution in [0.15, 0.2) is 42.7 Å². The molecule has 1 amide bonds. The largest absolute Gasteiger partial charge is 0.491 e. The highest BCUT2D eigenvalue weighted by molar-refractivity contribution is 5.92. The van der Waals surface area contributed by atoms with Gasteiger partial charge in [-0.05, 0) is 48.9 Å². The minimum Gasteiger partial charge on any atom is -0.491 e. The number of aryl methyl sites for hydroxylation is 1. The van der Waals surface area contributed by atoms with Gasteiger partial charge in [-0.3, -0.25) is 9.78 Å². The second-order valence-corrected chi connectivity index (χ2v) is 5.81. The third-order valence-corrected chi connectivity index (χ3v) is 3.73. The Kier molecular flexibility index (Phi) is 4.86. The van der Waals surface area contributed by atoms with Gasteiger partial charge in [-0.25, -0.2) is 4.39 Å². The highest BCUT2D eigenvalue weighted by Gasteiger charge is 2.22. The van der Waals surface area contributed by atoms with E-state index in [9.17, 15) is 9.18 Å². The lowest BCUT2D eigenvalue weighted by atomic mass is 10.1. The molecule has 4 nitrogen and oxygen atoms in total. The van der Waals surface area contributed by atoms with E-state index in [1.54, 1.807) is 6.20 Å². The summed E-state index contributed by atoms with van der Waals surface area (Å²) in [6, 6.07) is 8.82. The molecule has 0 atom stereocenters. The predicted octanol–water partition coefficient (Wildman–Crippen LogP) is 3.58. The topological polar surface area (TPSA) is 51.2 Å². The summed E-state index contributed by atoms with van der Waals surface area (Å²) in [5, 5.41) is 2.86. The number of halogens is 1. The summed E-state index contributed by atoms with van der Waals surface area (Å²) in [7, 11) is 0. The van der Waals surface area contributed by atoms with Gasteiger partial charge < -0.3 is 10.1 Å². The van der Waals surface area contributed by atoms with E-state index in [0.717, 1.165) is 6.20 Å². The first-order valence-corrected chi connectivity index (χ1v) is 7.82. The van der Waals surface area contributed by atoms with E-state index in [1.165, 1.54) is 18.9 Å². The van der Waals surface area contributed by atoms with Crippen molar-refractivity contribution in [1.29, 1.82) is 0 Å². The Hall–Kier alpha value is -2.43. The lowest BCUT2D eigenvalue weighted by Gasteiger charge is -2.12. The van der Waals surface area contributed by atoms with Crippen molar-refractivity contribution in [2.75, 3.05) is 11.9 Å². The van der Waals surface area contributed by atoms with Crippen LogP contribution in [-0.4, -0.2) is 17.5 Å². The van der Waals surface area contributed by atoms with Crippen molar-refractivity contribution in [1.82, 2.24) is 4.98 Å². The minimum absolute atomic E-state index is 0.128. The molecule has 1 saturated carbocycles. The van der Waals surface area contributed by atoms with Crippen molar-refractivity contribution < 1.29 is 13.9 Å². The van der Waals surface area contributed by atoms with Crippen LogP contribution in [0, 0.1) is 11.7 Å². The van der Waals surface area contributed by atoms with Crippen molar-refractivity contribution in [3.05, 3.63) is 54.1 Å². The Labute approximate surface area is 134 Å². The number of benzene rings is 1. The first-order valence-electron chi connectivity index (χ1n) is 7.82. The van der Waals surface area contributed by atoms with Gasteiger partial charge in [0.15, 0.2) is 0 Å². The number of nitrogens with one attached hydrogen (secondary N) is 1. The van der Waals surface area contributed by atoms with E-state index < -0.39 is 0 Å². The monoisotopic (exact) mass is 314 g/mol. The van der Waals surface area contributed by atoms with E-state index in [1.807, 2.05) is 24.3 Å². The maximum absolute atomic E-state index is 13.1. The number of para-hydroxylation sites is 2. The fraction of sp³-hybridized carbons (Fsp3) is 0.333. The Morgan fingerprint density at radius 2 is 2.13 bits per heavy atom. The van der Waals surface area contributed by atoms with Crippen LogP contribution in [0.2, 0.25) is 0 Å². The SMILES string of the molecule is O=C(CCc1cncc(F)c1)Nc1ccccc1OCC1CC1. The number of hydrogen-bond acceptors (Lipinski definition) is 3. The zero-order valence-corrected chi connectivity index (χ0v) is 12.8. The fourth-order valence-corrected chi connectivity index (χ4v) is 2.25. The molecule has 1 aromatic carbocycles. The molecule has 0 bridgehead atoms. The minimum atomic E-state index is -0.387. The molecule has 1 aliphatic carbocycles. The Morgan fingerprint density at radius 3 is 2.91 bits per heavy atom. The number of amides is 1. The molecule has 0 aliphatic heterocycles. The molecule has 1 aliphatic rings. The second-order valence-electron chi connectivity index (χ2n) is 5.81. The Morgan fingerprint density at radius 1 is 1.30 bits per heavy atom. The van der Waals surface area contributed by atoms with Gasteiger partial charge in [-0.15, -0.1) is 0 Å². The van der Waals surface area contributed by atoms with Crippen LogP contribution < -0.4 is 10.1 Å². The number of anilines is 1. The summed E-state index contributed by atoms with van der Waals surface area (Å²) in [6.07, 6.45) is 5.87. The molecule has 120 valence electrons. The molecular formula is C18H19FN2O2. The van der Waals surface area contributed by atoms with Crippen LogP contribution in [0.5, 0.6) is 5.75 Å². The molecular weight excluding hydrogens is 295 g/mol. The molecule has 0 unspecified atom stereocenters. The van der Waals surface area contributed by atoms with Crippen molar-refractivity contribution in [2.45, 2.75) is 25.7 Å². The molecule has 0 spiro atoms. The quantitative estimate of drug-likeness (QED) is 0.850. The number of rotatable bonds is 7. The van der Waals surface area contributed by atoms with Gasteiger partial charge >= 0.3 is 0 Å². The molecule has 0 saturated heterocycles. The number of carbonyl (C=O) groups excluding carboxylic acids is 1. The van der Waals surface area contributed by atoms with Crippen LogP contribution in [0.25, 0.3) is 0 Å². The zero-order valence-electron chi connectivity index (χ0n) is 12.8. The van der Waals surface area contributed by atoms with Gasteiger partial charge in [0.2, 0.25) is 5.91 Å². The summed E-state index contributed by atoms with van der Waals surface area (Å²) in [4.78, 5) is 15.9. The van der Waals surface area contributed by atoms with Crippen LogP contribution in [0.4, 0.5) is 10.1 Å². The highest BCUT2D eigenvalue weighted by atomic mass is 19.1. The van der Waals surface area contributed by atoms with Gasteiger partial charge in [0, 0.05) is 12.6 Å². The lowest BCUT2D eigenvalue weighted by Crippen LogP contribution is -2.13. The number of nitrogens with zero attached hydrogens (tertiary/aromatic N) is 1. The first kappa shape index (κ1) is 15.5. The Bertz CT molecular complexity index is 686. The van der Waals surface area contributed by atoms with E-state index in [0.29, 0.717) is 35.9 Å². The number of pyridine rings is 1. The lowest BCUT2D eigenvalue weighted by molar-refractivity contribution is -0.116. The van der Waals surface area contributed by atoms with Gasteiger partial charge in [0.25, 0.3) is 0 Å². The average Bonchev–Trinajstić information content (AvgIpc) is 3.37. The fourth-order valence-electron chi connectivity index (χ4n) is 2.25. The molecule has 5 heteroatoms. The maximum Gasteiger partial charge on any atom is 0.224 e. The van der Waals surface area contributed by atoms with E-state index in [-0.39, 0.29) is 18.1 Å². The van der Waals surface area contributed by atoms with Gasteiger partial charge in [-0.1, -0.05) is 12.1 Å². The number of hydrogen-bond donors (Lipinski definition) is 1. The number of ether oxygens (including phenoxy) is 1. The summed E-state index contributed by atoms with van der Waals surface area (Å²) in [5.74, 6) is 0.831. The van der Waals surface area contributed by atoms with Crippen LogP contribution >= 0.6 is 0 Å². The van der Waals surface area contributed by atoms with Crippen molar-refractivity contribution in [3.8, 4) is 5.75 Å². The normalized spacial score (nSPS) is 13.6. The predicted molar refractivity (Wildman–Crippen MR) is 85.8 cm³/mol. The average molecular weight is 314 g/mol. The summed E-state index contributed by atoms with van der Waals surface area (Å²) in [6.45, 7) is 0.696. The second kappa shape index (κ2) is 7.22. The third-order valence-electron chi connectivity index (χ3n) is 3.73. The molecule has 1 fully saturated rings. The molecule has 0 radical (unpaired) electrons. The van der Waals surface area contributed by atoms with E-state index in [2.05, 4.69) is 10.3 Å². The maximum atomic E-state index is 13.1. The summed E-state index contributed by atoms with van der Waals surface area (Å²) in [5.41, 5.74) is 1.38. The summed E-state index contributed by atoms with van der Waals surface area (Å²) >= 11 is 0. The zero-order chi connectivity index (χ0) is 16.1. The van der Waals surface area contributed by atoms with Gasteiger partial charge in [-0.2, -0.15) is 0 Å². The Balaban J connectivity index is 1.54. The highest BCUT2D eigenvalue weighted by Crippen LogP contribution is 2.31. The molecule has 1 N–H and O–H groups in total. The van der Waals surface area contributed by atoms with E-state index in [4.69, 9.17) is 4.74 Å². The van der Waals surface area contributed by atoms with Crippen molar-refractivity contribution in [2.24, 2.45) is 5.92 Å². The first-order chi connectivity index (χ1) is 11.2. The molecule has 23 heavy (non-hydrogen) atoms. The van der Waals surface area contributed by atoms with Crippen LogP contribution in [0.3, 0.4) is 0 Å². The molecule has 3 rings (SSSR count). The number of aromatic nitrogens is 1. The third kappa shape index (κ3) is 4.77. The number of carbonyl (C=O) groups is 1. The van der Waals surface area contributed by atoms with Crippen molar-refractivity contribution in [3.63, 3.8) is 0 Å². The van der Waals surface area contributed by atoms with E-state index >= 15 is 0 Å². The summed E-state index contributed by atoms with van der Waals surface area (Å²) < 4.78 is 18.8. The molecule has 2 aromatic rings. The molecule has 1 aromatic heterocycles. The van der Waals surface area contributed by atoms with Gasteiger partial charge in [0.1, 0.15) is 11.6 Å². The standard InChI is InChI=1S/C18H19FN2O2/c19-15-9-14(10-20-11-15)7-8-18(22)21-16-3-1-2-4-17(16)23-12-13-5-6-13/h1-4,9-11,13H,5-8,12H2,(H,21,22). The van der Waals surface area contributed by atoms with Gasteiger partial charge in [0.05, 0.1) is 18.5 Å². The molecule has 1 heterocycles. The van der Waals surface area contributed by atoms with Crippen LogP contribution in [0.1, 0.15) is 24.8 Å². The smallest absolute Gasteiger partial charge is 0.224 e. The van der Waals surface area contributed by atoms with Crippen LogP contribution in [-0.2, 0) is 11.2 Å².